The van der Waals surface area contributed by atoms with E-state index in [0.717, 1.165) is 22.7 Å². The molecule has 0 saturated heterocycles. The number of carbonyl (C=O) groups is 2. The van der Waals surface area contributed by atoms with Gasteiger partial charge in [-0.15, -0.1) is 0 Å². The minimum Gasteiger partial charge on any atom is -0.291 e. The smallest absolute Gasteiger partial charge is 0.276 e. The monoisotopic (exact) mass is 342 g/mol. The third-order valence-corrected chi connectivity index (χ3v) is 4.48. The highest BCUT2D eigenvalue weighted by Gasteiger charge is 2.25. The van der Waals surface area contributed by atoms with Crippen molar-refractivity contribution in [3.63, 3.8) is 0 Å². The average molecular weight is 342 g/mol. The van der Waals surface area contributed by atoms with Gasteiger partial charge in [0.15, 0.2) is 0 Å². The van der Waals surface area contributed by atoms with Crippen molar-refractivity contribution in [1.29, 1.82) is 0 Å². The number of rotatable bonds is 2. The Balaban J connectivity index is 1.36. The highest BCUT2D eigenvalue weighted by Crippen LogP contribution is 2.30. The second-order valence-corrected chi connectivity index (χ2v) is 6.18. The molecule has 0 fully saturated rings. The van der Waals surface area contributed by atoms with Crippen LogP contribution in [0.4, 0.5) is 22.7 Å². The van der Waals surface area contributed by atoms with E-state index in [1.807, 2.05) is 48.5 Å². The van der Waals surface area contributed by atoms with Gasteiger partial charge in [0, 0.05) is 11.1 Å². The fraction of sp³-hybridized carbons (Fsp3) is 0. The van der Waals surface area contributed by atoms with E-state index in [1.54, 1.807) is 24.3 Å². The van der Waals surface area contributed by atoms with Crippen molar-refractivity contribution in [2.45, 2.75) is 0 Å². The van der Waals surface area contributed by atoms with Crippen LogP contribution in [-0.2, 0) is 0 Å². The number of hydrogen-bond acceptors (Lipinski definition) is 4. The molecule has 0 spiro atoms. The van der Waals surface area contributed by atoms with Crippen LogP contribution in [0.2, 0.25) is 0 Å². The summed E-state index contributed by atoms with van der Waals surface area (Å²) in [6.07, 6.45) is 0. The first-order chi connectivity index (χ1) is 12.7. The van der Waals surface area contributed by atoms with E-state index >= 15 is 0 Å². The van der Waals surface area contributed by atoms with Gasteiger partial charge in [-0.3, -0.25) is 20.4 Å². The Hall–Kier alpha value is -3.80. The molecular weight excluding hydrogens is 328 g/mol. The van der Waals surface area contributed by atoms with Gasteiger partial charge in [0.2, 0.25) is 0 Å². The van der Waals surface area contributed by atoms with Gasteiger partial charge in [0.1, 0.15) is 0 Å². The number of fused-ring (bicyclic) bond motifs is 4. The molecule has 4 bridgehead atoms. The van der Waals surface area contributed by atoms with Crippen molar-refractivity contribution in [2.24, 2.45) is 0 Å². The van der Waals surface area contributed by atoms with E-state index in [9.17, 15) is 9.59 Å². The molecule has 2 heterocycles. The summed E-state index contributed by atoms with van der Waals surface area (Å²) in [6, 6.07) is 21.8. The Morgan fingerprint density at radius 1 is 0.615 bits per heavy atom. The average Bonchev–Trinajstić information content (AvgIpc) is 3.14. The molecule has 6 heteroatoms. The van der Waals surface area contributed by atoms with Gasteiger partial charge < -0.3 is 0 Å². The van der Waals surface area contributed by atoms with Crippen LogP contribution >= 0.6 is 0 Å². The number of carbonyl (C=O) groups excluding carboxylic acids is 2. The lowest BCUT2D eigenvalue weighted by molar-refractivity contribution is 0.0982. The summed E-state index contributed by atoms with van der Waals surface area (Å²) >= 11 is 0. The van der Waals surface area contributed by atoms with E-state index in [4.69, 9.17) is 0 Å². The molecule has 3 aromatic rings. The van der Waals surface area contributed by atoms with Gasteiger partial charge in [0.05, 0.1) is 22.7 Å². The number of hydrazine groups is 2. The van der Waals surface area contributed by atoms with Crippen LogP contribution in [0.3, 0.4) is 0 Å². The molecule has 126 valence electrons. The van der Waals surface area contributed by atoms with E-state index in [0.29, 0.717) is 11.1 Å². The van der Waals surface area contributed by atoms with Crippen molar-refractivity contribution in [3.05, 3.63) is 83.9 Å². The summed E-state index contributed by atoms with van der Waals surface area (Å²) in [7, 11) is 0. The minimum absolute atomic E-state index is 0.170. The van der Waals surface area contributed by atoms with E-state index < -0.39 is 0 Å². The highest BCUT2D eigenvalue weighted by molar-refractivity contribution is 6.11. The molecule has 26 heavy (non-hydrogen) atoms. The second kappa shape index (κ2) is 5.35. The topological polar surface area (TPSA) is 64.7 Å². The number of nitrogens with one attached hydrogen (secondary N) is 2. The Labute approximate surface area is 149 Å². The zero-order valence-corrected chi connectivity index (χ0v) is 13.6. The lowest BCUT2D eigenvalue weighted by atomic mass is 10.1. The van der Waals surface area contributed by atoms with Gasteiger partial charge >= 0.3 is 0 Å². The molecule has 0 unspecified atom stereocenters. The van der Waals surface area contributed by atoms with Crippen LogP contribution < -0.4 is 20.9 Å². The van der Waals surface area contributed by atoms with Gasteiger partial charge in [0.25, 0.3) is 11.8 Å². The van der Waals surface area contributed by atoms with Crippen molar-refractivity contribution >= 4 is 34.6 Å². The van der Waals surface area contributed by atoms with Crippen LogP contribution in [-0.4, -0.2) is 11.8 Å². The predicted octanol–water partition coefficient (Wildman–Crippen LogP) is 3.66. The van der Waals surface area contributed by atoms with Gasteiger partial charge in [-0.2, -0.15) is 0 Å². The first-order valence-corrected chi connectivity index (χ1v) is 8.21. The normalized spacial score (nSPS) is 13.4. The van der Waals surface area contributed by atoms with Crippen molar-refractivity contribution in [1.82, 2.24) is 0 Å². The molecule has 0 aliphatic carbocycles. The number of amides is 2. The maximum Gasteiger partial charge on any atom is 0.276 e. The zero-order chi connectivity index (χ0) is 17.7. The number of anilines is 4. The standard InChI is InChI=1S/C20H14N4O2/c25-19(23-17-5-1-3-15(11-17)21-23)13-7-9-14(10-8-13)20(26)24-18-6-2-4-16(12-18)22-24/h1-12,21-22H. The minimum atomic E-state index is -0.170. The second-order valence-electron chi connectivity index (χ2n) is 6.18. The predicted molar refractivity (Wildman–Crippen MR) is 100 cm³/mol. The number of benzene rings is 3. The van der Waals surface area contributed by atoms with Crippen LogP contribution in [0.1, 0.15) is 20.7 Å². The Morgan fingerprint density at radius 3 is 1.42 bits per heavy atom. The van der Waals surface area contributed by atoms with Crippen molar-refractivity contribution in [3.8, 4) is 0 Å². The molecule has 2 aliphatic rings. The summed E-state index contributed by atoms with van der Waals surface area (Å²) in [4.78, 5) is 25.4. The lowest BCUT2D eigenvalue weighted by Gasteiger charge is -2.19. The maximum absolute atomic E-state index is 12.7. The summed E-state index contributed by atoms with van der Waals surface area (Å²) in [5, 5.41) is 3.00. The van der Waals surface area contributed by atoms with Crippen molar-refractivity contribution in [2.75, 3.05) is 20.9 Å². The van der Waals surface area contributed by atoms with E-state index in [2.05, 4.69) is 10.9 Å². The molecule has 2 amide bonds. The summed E-state index contributed by atoms with van der Waals surface area (Å²) in [6.45, 7) is 0. The fourth-order valence-corrected chi connectivity index (χ4v) is 3.17. The molecule has 6 nitrogen and oxygen atoms in total. The molecule has 0 atom stereocenters. The quantitative estimate of drug-likeness (QED) is 0.746. The third-order valence-electron chi connectivity index (χ3n) is 4.48. The van der Waals surface area contributed by atoms with Crippen LogP contribution in [0.5, 0.6) is 0 Å². The third kappa shape index (κ3) is 2.20. The molecule has 0 radical (unpaired) electrons. The fourth-order valence-electron chi connectivity index (χ4n) is 3.17. The summed E-state index contributed by atoms with van der Waals surface area (Å²) in [5.74, 6) is -0.340. The molecule has 0 aromatic heterocycles. The van der Waals surface area contributed by atoms with E-state index in [1.165, 1.54) is 10.0 Å². The molecule has 3 aromatic carbocycles. The first kappa shape index (κ1) is 14.5. The number of hydrogen-bond donors (Lipinski definition) is 2. The molecule has 2 N–H and O–H groups in total. The largest absolute Gasteiger partial charge is 0.291 e. The summed E-state index contributed by atoms with van der Waals surface area (Å²) < 4.78 is 0. The molecule has 2 aliphatic heterocycles. The Bertz CT molecular complexity index is 961. The number of nitrogens with zero attached hydrogens (tertiary/aromatic N) is 2. The molecule has 0 saturated carbocycles. The molecular formula is C20H14N4O2. The highest BCUT2D eigenvalue weighted by atomic mass is 16.2. The van der Waals surface area contributed by atoms with Crippen LogP contribution in [0, 0.1) is 0 Å². The van der Waals surface area contributed by atoms with Gasteiger partial charge in [-0.1, -0.05) is 12.1 Å². The van der Waals surface area contributed by atoms with Crippen LogP contribution in [0.15, 0.2) is 72.8 Å². The first-order valence-electron chi connectivity index (χ1n) is 8.21. The van der Waals surface area contributed by atoms with E-state index in [-0.39, 0.29) is 11.8 Å². The SMILES string of the molecule is O=C(c1ccc(C(=O)N2Nc3cccc2c3)cc1)N1Nc2cccc1c2. The lowest BCUT2D eigenvalue weighted by Crippen LogP contribution is -2.34. The molecule has 5 rings (SSSR count). The Kier molecular flexibility index (Phi) is 2.99. The maximum atomic E-state index is 12.7. The zero-order valence-electron chi connectivity index (χ0n) is 13.6. The van der Waals surface area contributed by atoms with Crippen LogP contribution in [0.25, 0.3) is 0 Å². The van der Waals surface area contributed by atoms with Crippen molar-refractivity contribution < 1.29 is 9.59 Å². The summed E-state index contributed by atoms with van der Waals surface area (Å²) in [5.41, 5.74) is 10.5. The Morgan fingerprint density at radius 2 is 1.04 bits per heavy atom. The van der Waals surface area contributed by atoms with Gasteiger partial charge in [-0.25, -0.2) is 10.0 Å². The van der Waals surface area contributed by atoms with Gasteiger partial charge in [-0.05, 0) is 60.7 Å².